The van der Waals surface area contributed by atoms with Crippen molar-refractivity contribution in [3.05, 3.63) is 23.8 Å². The summed E-state index contributed by atoms with van der Waals surface area (Å²) in [4.78, 5) is 0. The summed E-state index contributed by atoms with van der Waals surface area (Å²) in [7, 11) is -5.61. The zero-order chi connectivity index (χ0) is 14.1. The largest absolute Gasteiger partial charge is 0.534 e. The van der Waals surface area contributed by atoms with Gasteiger partial charge in [-0.2, -0.15) is 21.6 Å². The molecule has 2 rings (SSSR count). The van der Waals surface area contributed by atoms with Crippen molar-refractivity contribution < 1.29 is 25.8 Å². The van der Waals surface area contributed by atoms with Crippen LogP contribution in [0.25, 0.3) is 0 Å². The maximum absolute atomic E-state index is 12.2. The van der Waals surface area contributed by atoms with Gasteiger partial charge in [-0.1, -0.05) is 0 Å². The smallest absolute Gasteiger partial charge is 0.385 e. The van der Waals surface area contributed by atoms with Crippen LogP contribution in [-0.2, 0) is 16.5 Å². The van der Waals surface area contributed by atoms with E-state index in [-0.39, 0.29) is 5.75 Å². The SMILES string of the molecule is O=S(=O)(Oc1ccc2c(c1)CCCCN2)C(F)(F)F. The zero-order valence-corrected chi connectivity index (χ0v) is 10.6. The number of aryl methyl sites for hydroxylation is 1. The molecule has 0 atom stereocenters. The molecule has 8 heteroatoms. The highest BCUT2D eigenvalue weighted by Crippen LogP contribution is 2.30. The number of hydrogen-bond acceptors (Lipinski definition) is 4. The number of rotatable bonds is 2. The van der Waals surface area contributed by atoms with Crippen molar-refractivity contribution in [1.82, 2.24) is 0 Å². The Bertz CT molecular complexity index is 569. The van der Waals surface area contributed by atoms with Crippen molar-refractivity contribution in [3.8, 4) is 5.75 Å². The molecule has 0 saturated heterocycles. The van der Waals surface area contributed by atoms with Gasteiger partial charge in [0.2, 0.25) is 0 Å². The van der Waals surface area contributed by atoms with Gasteiger partial charge in [0.25, 0.3) is 0 Å². The molecule has 0 spiro atoms. The van der Waals surface area contributed by atoms with Gasteiger partial charge < -0.3 is 9.50 Å². The van der Waals surface area contributed by atoms with Gasteiger partial charge in [0.15, 0.2) is 0 Å². The molecule has 1 aromatic carbocycles. The first-order valence-corrected chi connectivity index (χ1v) is 7.08. The first-order chi connectivity index (χ1) is 8.79. The monoisotopic (exact) mass is 295 g/mol. The van der Waals surface area contributed by atoms with Gasteiger partial charge in [0.1, 0.15) is 5.75 Å². The third-order valence-electron chi connectivity index (χ3n) is 2.75. The van der Waals surface area contributed by atoms with Crippen LogP contribution in [-0.4, -0.2) is 20.5 Å². The van der Waals surface area contributed by atoms with Gasteiger partial charge in [-0.15, -0.1) is 0 Å². The number of fused-ring (bicyclic) bond motifs is 1. The van der Waals surface area contributed by atoms with E-state index in [1.54, 1.807) is 0 Å². The Labute approximate surface area is 108 Å². The summed E-state index contributed by atoms with van der Waals surface area (Å²) in [5.41, 5.74) is -3.86. The number of hydrogen-bond donors (Lipinski definition) is 1. The first kappa shape index (κ1) is 14.0. The molecule has 0 amide bonds. The highest BCUT2D eigenvalue weighted by molar-refractivity contribution is 7.87. The summed E-state index contributed by atoms with van der Waals surface area (Å²) >= 11 is 0. The molecule has 0 bridgehead atoms. The molecule has 106 valence electrons. The zero-order valence-electron chi connectivity index (χ0n) is 9.83. The Morgan fingerprint density at radius 1 is 1.21 bits per heavy atom. The lowest BCUT2D eigenvalue weighted by atomic mass is 10.1. The second kappa shape index (κ2) is 4.92. The highest BCUT2D eigenvalue weighted by Gasteiger charge is 2.48. The van der Waals surface area contributed by atoms with Gasteiger partial charge in [-0.05, 0) is 43.0 Å². The van der Waals surface area contributed by atoms with Gasteiger partial charge in [0.05, 0.1) is 0 Å². The second-order valence-electron chi connectivity index (χ2n) is 4.19. The molecule has 19 heavy (non-hydrogen) atoms. The fourth-order valence-electron chi connectivity index (χ4n) is 1.84. The van der Waals surface area contributed by atoms with E-state index in [2.05, 4.69) is 9.50 Å². The first-order valence-electron chi connectivity index (χ1n) is 5.67. The number of halogens is 3. The third kappa shape index (κ3) is 3.12. The summed E-state index contributed by atoms with van der Waals surface area (Å²) in [6, 6.07) is 4.07. The van der Waals surface area contributed by atoms with Crippen molar-refractivity contribution in [2.24, 2.45) is 0 Å². The summed E-state index contributed by atoms with van der Waals surface area (Å²) in [5, 5.41) is 3.12. The van der Waals surface area contributed by atoms with Gasteiger partial charge in [-0.25, -0.2) is 0 Å². The lowest BCUT2D eigenvalue weighted by Crippen LogP contribution is -2.28. The lowest BCUT2D eigenvalue weighted by molar-refractivity contribution is -0.0500. The number of alkyl halides is 3. The molecule has 0 radical (unpaired) electrons. The van der Waals surface area contributed by atoms with Crippen LogP contribution >= 0.6 is 0 Å². The maximum Gasteiger partial charge on any atom is 0.534 e. The topological polar surface area (TPSA) is 55.4 Å². The van der Waals surface area contributed by atoms with Crippen molar-refractivity contribution in [2.45, 2.75) is 24.8 Å². The predicted octanol–water partition coefficient (Wildman–Crippen LogP) is 2.66. The van der Waals surface area contributed by atoms with Gasteiger partial charge in [-0.3, -0.25) is 0 Å². The molecule has 1 aromatic rings. The predicted molar refractivity (Wildman–Crippen MR) is 63.5 cm³/mol. The number of nitrogens with one attached hydrogen (secondary N) is 1. The van der Waals surface area contributed by atoms with Crippen LogP contribution in [0.5, 0.6) is 5.75 Å². The maximum atomic E-state index is 12.2. The minimum Gasteiger partial charge on any atom is -0.385 e. The van der Waals surface area contributed by atoms with E-state index in [4.69, 9.17) is 0 Å². The van der Waals surface area contributed by atoms with E-state index in [1.807, 2.05) is 0 Å². The van der Waals surface area contributed by atoms with E-state index in [1.165, 1.54) is 18.2 Å². The van der Waals surface area contributed by atoms with E-state index in [0.29, 0.717) is 6.42 Å². The van der Waals surface area contributed by atoms with Crippen LogP contribution in [0.4, 0.5) is 18.9 Å². The summed E-state index contributed by atoms with van der Waals surface area (Å²) < 4.78 is 62.5. The van der Waals surface area contributed by atoms with Crippen LogP contribution in [0.3, 0.4) is 0 Å². The van der Waals surface area contributed by atoms with Crippen molar-refractivity contribution in [1.29, 1.82) is 0 Å². The van der Waals surface area contributed by atoms with Gasteiger partial charge >= 0.3 is 15.6 Å². The fourth-order valence-corrected chi connectivity index (χ4v) is 2.29. The Morgan fingerprint density at radius 3 is 2.63 bits per heavy atom. The highest BCUT2D eigenvalue weighted by atomic mass is 32.2. The molecule has 1 aliphatic heterocycles. The molecular weight excluding hydrogens is 283 g/mol. The van der Waals surface area contributed by atoms with E-state index in [0.717, 1.165) is 30.6 Å². The quantitative estimate of drug-likeness (QED) is 0.673. The third-order valence-corrected chi connectivity index (χ3v) is 3.73. The lowest BCUT2D eigenvalue weighted by Gasteiger charge is -2.12. The van der Waals surface area contributed by atoms with Crippen molar-refractivity contribution >= 4 is 15.8 Å². The Balaban J connectivity index is 2.26. The van der Waals surface area contributed by atoms with Crippen LogP contribution in [0, 0.1) is 0 Å². The van der Waals surface area contributed by atoms with E-state index >= 15 is 0 Å². The molecule has 4 nitrogen and oxygen atoms in total. The summed E-state index contributed by atoms with van der Waals surface area (Å²) in [6.45, 7) is 0.786. The van der Waals surface area contributed by atoms with E-state index < -0.39 is 15.6 Å². The fraction of sp³-hybridized carbons (Fsp3) is 0.455. The average molecular weight is 295 g/mol. The van der Waals surface area contributed by atoms with Crippen LogP contribution < -0.4 is 9.50 Å². The molecule has 1 aliphatic rings. The summed E-state index contributed by atoms with van der Waals surface area (Å²) in [5.74, 6) is -0.320. The minimum absolute atomic E-state index is 0.320. The van der Waals surface area contributed by atoms with Gasteiger partial charge in [0, 0.05) is 12.2 Å². The molecule has 0 fully saturated rings. The number of benzene rings is 1. The normalized spacial score (nSPS) is 16.2. The van der Waals surface area contributed by atoms with Crippen LogP contribution in [0.1, 0.15) is 18.4 Å². The molecule has 1 heterocycles. The Kier molecular flexibility index (Phi) is 3.62. The van der Waals surface area contributed by atoms with Crippen LogP contribution in [0.15, 0.2) is 18.2 Å². The number of anilines is 1. The molecular formula is C11H12F3NO3S. The minimum atomic E-state index is -5.61. The Hall–Kier alpha value is -1.44. The standard InChI is InChI=1S/C11H12F3NO3S/c12-11(13,14)19(16,17)18-9-4-5-10-8(7-9)3-1-2-6-15-10/h4-5,7,15H,1-3,6H2. The molecule has 0 saturated carbocycles. The molecule has 0 aliphatic carbocycles. The molecule has 0 unspecified atom stereocenters. The summed E-state index contributed by atoms with van der Waals surface area (Å²) in [6.07, 6.45) is 2.51. The van der Waals surface area contributed by atoms with Crippen molar-refractivity contribution in [3.63, 3.8) is 0 Å². The molecule has 0 aromatic heterocycles. The van der Waals surface area contributed by atoms with E-state index in [9.17, 15) is 21.6 Å². The average Bonchev–Trinajstić information content (AvgIpc) is 2.51. The molecule has 1 N–H and O–H groups in total. The Morgan fingerprint density at radius 2 is 1.95 bits per heavy atom. The van der Waals surface area contributed by atoms with Crippen molar-refractivity contribution in [2.75, 3.05) is 11.9 Å². The van der Waals surface area contributed by atoms with Crippen LogP contribution in [0.2, 0.25) is 0 Å². The second-order valence-corrected chi connectivity index (χ2v) is 5.72.